The second-order valence-electron chi connectivity index (χ2n) is 11.5. The number of carboxylic acid groups (broad SMARTS) is 1. The monoisotopic (exact) mass is 734 g/mol. The topological polar surface area (TPSA) is 168 Å². The van der Waals surface area contributed by atoms with Gasteiger partial charge in [0.25, 0.3) is 0 Å². The van der Waals surface area contributed by atoms with Crippen LogP contribution in [0.4, 0.5) is 38.6 Å². The second kappa shape index (κ2) is 14.1. The number of benzene rings is 2. The fourth-order valence-corrected chi connectivity index (χ4v) is 6.79. The quantitative estimate of drug-likeness (QED) is 0.153. The number of anilines is 3. The Morgan fingerprint density at radius 3 is 2.54 bits per heavy atom. The lowest BCUT2D eigenvalue weighted by atomic mass is 9.97. The van der Waals surface area contributed by atoms with Crippen LogP contribution in [0, 0.1) is 28.9 Å². The maximum Gasteiger partial charge on any atom is 0.490 e. The number of likely N-dealkylation sites (tertiary alicyclic amines) is 1. The molecule has 0 bridgehead atoms. The molecule has 3 aromatic heterocycles. The van der Waals surface area contributed by atoms with Gasteiger partial charge in [0.05, 0.1) is 27.9 Å². The van der Waals surface area contributed by atoms with E-state index in [1.54, 1.807) is 25.4 Å². The van der Waals surface area contributed by atoms with Gasteiger partial charge in [-0.25, -0.2) is 18.6 Å². The molecule has 0 radical (unpaired) electrons. The van der Waals surface area contributed by atoms with Crippen LogP contribution in [-0.4, -0.2) is 70.9 Å². The molecule has 1 aliphatic rings. The van der Waals surface area contributed by atoms with E-state index in [1.807, 2.05) is 31.0 Å². The highest BCUT2D eigenvalue weighted by atomic mass is 35.5. The predicted octanol–water partition coefficient (Wildman–Crippen LogP) is 6.65. The molecule has 2 aromatic carbocycles. The number of halogens is 6. The van der Waals surface area contributed by atoms with Crippen molar-refractivity contribution in [3.8, 4) is 23.2 Å². The molecule has 1 fully saturated rings. The maximum atomic E-state index is 16.7. The Kier molecular flexibility index (Phi) is 10.2. The maximum absolute atomic E-state index is 16.7. The van der Waals surface area contributed by atoms with Crippen LogP contribution < -0.4 is 21.1 Å². The van der Waals surface area contributed by atoms with Crippen LogP contribution in [0.3, 0.4) is 0 Å². The Labute approximate surface area is 290 Å². The highest BCUT2D eigenvalue weighted by Gasteiger charge is 2.38. The molecule has 0 aliphatic carbocycles. The summed E-state index contributed by atoms with van der Waals surface area (Å²) in [5, 5.41) is 17.6. The van der Waals surface area contributed by atoms with E-state index < -0.39 is 23.8 Å². The summed E-state index contributed by atoms with van der Waals surface area (Å²) in [5.41, 5.74) is 13.2. The lowest BCUT2D eigenvalue weighted by Crippen LogP contribution is -2.46. The SMILES string of the molecule is C[C@H](c1cccnc1N)N(C)c1nc(OCC2CN(C)C2)nc2c(F)c(-c3ccc(F)c4sc(N)c(C#N)c34)c(Cl)cc12.O=C(O)C(F)(F)F. The van der Waals surface area contributed by atoms with Crippen LogP contribution in [0.1, 0.15) is 24.1 Å². The van der Waals surface area contributed by atoms with Crippen molar-refractivity contribution in [2.75, 3.05) is 50.2 Å². The van der Waals surface area contributed by atoms with E-state index in [-0.39, 0.29) is 54.4 Å². The van der Waals surface area contributed by atoms with Gasteiger partial charge in [-0.05, 0) is 37.7 Å². The van der Waals surface area contributed by atoms with Gasteiger partial charge >= 0.3 is 18.2 Å². The minimum Gasteiger partial charge on any atom is -0.475 e. The summed E-state index contributed by atoms with van der Waals surface area (Å²) < 4.78 is 69.4. The summed E-state index contributed by atoms with van der Waals surface area (Å²) in [6, 6.07) is 9.54. The van der Waals surface area contributed by atoms with Gasteiger partial charge in [0.1, 0.15) is 34.0 Å². The van der Waals surface area contributed by atoms with E-state index in [2.05, 4.69) is 19.9 Å². The minimum atomic E-state index is -5.08. The Hall–Kier alpha value is -5.05. The molecule has 0 unspecified atom stereocenters. The van der Waals surface area contributed by atoms with Crippen molar-refractivity contribution in [2.24, 2.45) is 5.92 Å². The highest BCUT2D eigenvalue weighted by molar-refractivity contribution is 7.23. The summed E-state index contributed by atoms with van der Waals surface area (Å²) in [5.74, 6) is -3.06. The van der Waals surface area contributed by atoms with Crippen molar-refractivity contribution >= 4 is 66.5 Å². The molecule has 5 N–H and O–H groups in total. The smallest absolute Gasteiger partial charge is 0.475 e. The van der Waals surface area contributed by atoms with Gasteiger partial charge in [-0.3, -0.25) is 0 Å². The van der Waals surface area contributed by atoms with Crippen LogP contribution in [0.25, 0.3) is 32.1 Å². The number of alkyl halides is 3. The largest absolute Gasteiger partial charge is 0.490 e. The van der Waals surface area contributed by atoms with Crippen LogP contribution in [0.15, 0.2) is 36.5 Å². The molecule has 0 saturated carbocycles. The van der Waals surface area contributed by atoms with Crippen molar-refractivity contribution in [3.63, 3.8) is 0 Å². The van der Waals surface area contributed by atoms with Gasteiger partial charge in [-0.2, -0.15) is 28.4 Å². The number of aliphatic carboxylic acids is 1. The zero-order chi connectivity index (χ0) is 36.7. The summed E-state index contributed by atoms with van der Waals surface area (Å²) in [6.07, 6.45) is -3.47. The number of carboxylic acids is 1. The molecule has 5 aromatic rings. The third-order valence-corrected chi connectivity index (χ3v) is 9.43. The standard InChI is InChI=1S/C30H27ClF2N8OS.C2HF3O2/c1-14(16-5-4-8-37-27(16)35)41(3)29-18-9-20(31)23(17-6-7-21(32)26-22(17)19(10-34)28(36)43-26)24(33)25(18)38-30(39-29)42-13-15-11-40(2)12-15;3-2(4,5)1(6)7/h4-9,14-15H,11-13,36H2,1-3H3,(H2,35,37);(H,6,7)/t14-;/m1./s1. The number of thiophene rings is 1. The number of pyridine rings is 1. The molecule has 1 atom stereocenters. The molecule has 0 amide bonds. The molecule has 4 heterocycles. The Bertz CT molecular complexity index is 2150. The molecular weight excluding hydrogens is 707 g/mol. The number of nitriles is 1. The summed E-state index contributed by atoms with van der Waals surface area (Å²) >= 11 is 7.71. The first kappa shape index (κ1) is 36.2. The van der Waals surface area contributed by atoms with E-state index in [0.29, 0.717) is 29.5 Å². The molecule has 1 aliphatic heterocycles. The predicted molar refractivity (Wildman–Crippen MR) is 180 cm³/mol. The molecular formula is C32H28ClF5N8O3S. The van der Waals surface area contributed by atoms with Crippen LogP contribution in [0.5, 0.6) is 6.01 Å². The lowest BCUT2D eigenvalue weighted by molar-refractivity contribution is -0.192. The van der Waals surface area contributed by atoms with Gasteiger partial charge in [0, 0.05) is 54.2 Å². The van der Waals surface area contributed by atoms with Gasteiger partial charge in [0.15, 0.2) is 5.82 Å². The van der Waals surface area contributed by atoms with Crippen molar-refractivity contribution in [1.29, 1.82) is 5.26 Å². The summed E-state index contributed by atoms with van der Waals surface area (Å²) in [7, 11) is 3.83. The second-order valence-corrected chi connectivity index (χ2v) is 13.0. The molecule has 50 heavy (non-hydrogen) atoms. The van der Waals surface area contributed by atoms with E-state index in [4.69, 9.17) is 37.7 Å². The average molecular weight is 735 g/mol. The van der Waals surface area contributed by atoms with Crippen LogP contribution in [0.2, 0.25) is 5.02 Å². The van der Waals surface area contributed by atoms with Crippen LogP contribution in [-0.2, 0) is 4.79 Å². The lowest BCUT2D eigenvalue weighted by Gasteiger charge is -2.35. The molecule has 262 valence electrons. The van der Waals surface area contributed by atoms with Crippen LogP contribution >= 0.6 is 22.9 Å². The highest BCUT2D eigenvalue weighted by Crippen LogP contribution is 2.46. The Morgan fingerprint density at radius 1 is 1.26 bits per heavy atom. The first-order chi connectivity index (χ1) is 23.5. The third kappa shape index (κ3) is 6.99. The number of carbonyl (C=O) groups is 1. The summed E-state index contributed by atoms with van der Waals surface area (Å²) in [6.45, 7) is 4.04. The number of nitrogens with zero attached hydrogens (tertiary/aromatic N) is 6. The van der Waals surface area contributed by atoms with Crippen molar-refractivity contribution < 1.29 is 36.6 Å². The van der Waals surface area contributed by atoms with E-state index in [0.717, 1.165) is 30.0 Å². The Balaban J connectivity index is 0.000000630. The number of nitrogens with two attached hydrogens (primary N) is 2. The number of fused-ring (bicyclic) bond motifs is 2. The molecule has 11 nitrogen and oxygen atoms in total. The average Bonchev–Trinajstić information content (AvgIpc) is 3.39. The number of aromatic nitrogens is 3. The number of ether oxygens (including phenoxy) is 1. The van der Waals surface area contributed by atoms with E-state index in [1.165, 1.54) is 12.1 Å². The fraction of sp³-hybridized carbons (Fsp3) is 0.281. The van der Waals surface area contributed by atoms with Crippen molar-refractivity contribution in [1.82, 2.24) is 19.9 Å². The summed E-state index contributed by atoms with van der Waals surface area (Å²) in [4.78, 5) is 26.3. The molecule has 6 rings (SSSR count). The first-order valence-electron chi connectivity index (χ1n) is 14.7. The molecule has 18 heteroatoms. The van der Waals surface area contributed by atoms with Gasteiger partial charge in [-0.15, -0.1) is 11.3 Å². The molecule has 0 spiro atoms. The normalized spacial score (nSPS) is 14.1. The zero-order valence-corrected chi connectivity index (χ0v) is 28.1. The van der Waals surface area contributed by atoms with Gasteiger partial charge in [0.2, 0.25) is 0 Å². The van der Waals surface area contributed by atoms with E-state index >= 15 is 4.39 Å². The van der Waals surface area contributed by atoms with Gasteiger partial charge in [-0.1, -0.05) is 23.7 Å². The van der Waals surface area contributed by atoms with E-state index in [9.17, 15) is 22.8 Å². The first-order valence-corrected chi connectivity index (χ1v) is 15.9. The van der Waals surface area contributed by atoms with Gasteiger partial charge < -0.3 is 31.1 Å². The third-order valence-electron chi connectivity index (χ3n) is 8.11. The fourth-order valence-electron chi connectivity index (χ4n) is 5.55. The zero-order valence-electron chi connectivity index (χ0n) is 26.5. The number of nitrogen functional groups attached to an aromatic ring is 2. The Morgan fingerprint density at radius 2 is 1.94 bits per heavy atom. The number of hydrogen-bond donors (Lipinski definition) is 3. The van der Waals surface area contributed by atoms with Crippen molar-refractivity contribution in [2.45, 2.75) is 19.1 Å². The minimum absolute atomic E-state index is 0.00387. The van der Waals surface area contributed by atoms with Crippen molar-refractivity contribution in [3.05, 3.63) is 64.3 Å². The number of hydrogen-bond acceptors (Lipinski definition) is 11. The molecule has 1 saturated heterocycles. The number of rotatable bonds is 7.